The number of rotatable bonds is 4. The maximum Gasteiger partial charge on any atom is 0.0670 e. The zero-order chi connectivity index (χ0) is 14.5. The molecule has 0 aromatic heterocycles. The molecule has 0 saturated carbocycles. The van der Waals surface area contributed by atoms with Crippen LogP contribution >= 0.6 is 0 Å². The smallest absolute Gasteiger partial charge is 0.0670 e. The van der Waals surface area contributed by atoms with Gasteiger partial charge in [-0.1, -0.05) is 26.0 Å². The molecule has 0 bridgehead atoms. The molecule has 3 N–H and O–H groups in total. The highest BCUT2D eigenvalue weighted by Crippen LogP contribution is 2.24. The van der Waals surface area contributed by atoms with Crippen LogP contribution in [0.3, 0.4) is 0 Å². The summed E-state index contributed by atoms with van der Waals surface area (Å²) < 4.78 is 0. The number of nitrogens with zero attached hydrogens (tertiary/aromatic N) is 1. The van der Waals surface area contributed by atoms with E-state index in [1.54, 1.807) is 0 Å². The fourth-order valence-electron chi connectivity index (χ4n) is 2.06. The number of hydrogen-bond acceptors (Lipinski definition) is 3. The van der Waals surface area contributed by atoms with Crippen molar-refractivity contribution in [3.8, 4) is 6.07 Å². The van der Waals surface area contributed by atoms with Crippen LogP contribution < -0.4 is 11.1 Å². The van der Waals surface area contributed by atoms with Crippen molar-refractivity contribution >= 4 is 17.1 Å². The van der Waals surface area contributed by atoms with Crippen LogP contribution in [0.25, 0.3) is 0 Å². The van der Waals surface area contributed by atoms with Crippen LogP contribution in [0.4, 0.5) is 17.1 Å². The van der Waals surface area contributed by atoms with Gasteiger partial charge >= 0.3 is 0 Å². The standard InChI is InChI=1S/C17H19N3/c1-12(2)13-4-3-5-15(10-13)20-16-6-7-17(19)14(11-16)8-9-18/h3-7,10-12,20H,8,19H2,1-2H3. The van der Waals surface area contributed by atoms with E-state index in [4.69, 9.17) is 11.0 Å². The number of anilines is 3. The Morgan fingerprint density at radius 3 is 2.60 bits per heavy atom. The van der Waals surface area contributed by atoms with Gasteiger partial charge in [0.15, 0.2) is 0 Å². The lowest BCUT2D eigenvalue weighted by Crippen LogP contribution is -1.97. The number of benzene rings is 2. The first kappa shape index (κ1) is 14.0. The first-order chi connectivity index (χ1) is 9.60. The summed E-state index contributed by atoms with van der Waals surface area (Å²) in [5, 5.41) is 12.2. The lowest BCUT2D eigenvalue weighted by atomic mass is 10.0. The van der Waals surface area contributed by atoms with Crippen LogP contribution in [0.1, 0.15) is 30.9 Å². The third-order valence-electron chi connectivity index (χ3n) is 3.25. The van der Waals surface area contributed by atoms with Gasteiger partial charge in [0.25, 0.3) is 0 Å². The topological polar surface area (TPSA) is 61.8 Å². The van der Waals surface area contributed by atoms with Crippen molar-refractivity contribution in [1.29, 1.82) is 5.26 Å². The molecule has 0 aliphatic carbocycles. The first-order valence-corrected chi connectivity index (χ1v) is 6.72. The second-order valence-corrected chi connectivity index (χ2v) is 5.15. The fourth-order valence-corrected chi connectivity index (χ4v) is 2.06. The van der Waals surface area contributed by atoms with Crippen LogP contribution in [0.2, 0.25) is 0 Å². The summed E-state index contributed by atoms with van der Waals surface area (Å²) in [6, 6.07) is 16.2. The Morgan fingerprint density at radius 2 is 1.90 bits per heavy atom. The molecule has 0 unspecified atom stereocenters. The van der Waals surface area contributed by atoms with E-state index in [0.717, 1.165) is 16.9 Å². The maximum absolute atomic E-state index is 8.80. The molecule has 0 spiro atoms. The average Bonchev–Trinajstić information content (AvgIpc) is 2.43. The lowest BCUT2D eigenvalue weighted by Gasteiger charge is -2.12. The van der Waals surface area contributed by atoms with Gasteiger partial charge in [-0.2, -0.15) is 5.26 Å². The highest BCUT2D eigenvalue weighted by atomic mass is 14.9. The van der Waals surface area contributed by atoms with E-state index in [0.29, 0.717) is 18.0 Å². The third kappa shape index (κ3) is 3.30. The normalized spacial score (nSPS) is 10.3. The zero-order valence-corrected chi connectivity index (χ0v) is 11.9. The molecule has 3 nitrogen and oxygen atoms in total. The number of nitrogen functional groups attached to an aromatic ring is 1. The van der Waals surface area contributed by atoms with Crippen molar-refractivity contribution in [1.82, 2.24) is 0 Å². The Labute approximate surface area is 120 Å². The third-order valence-corrected chi connectivity index (χ3v) is 3.25. The van der Waals surface area contributed by atoms with Crippen molar-refractivity contribution < 1.29 is 0 Å². The Morgan fingerprint density at radius 1 is 1.15 bits per heavy atom. The van der Waals surface area contributed by atoms with Gasteiger partial charge in [-0.25, -0.2) is 0 Å². The highest BCUT2D eigenvalue weighted by molar-refractivity contribution is 5.65. The van der Waals surface area contributed by atoms with Crippen molar-refractivity contribution in [3.05, 3.63) is 53.6 Å². The molecule has 0 aliphatic heterocycles. The van der Waals surface area contributed by atoms with Crippen molar-refractivity contribution in [3.63, 3.8) is 0 Å². The lowest BCUT2D eigenvalue weighted by molar-refractivity contribution is 0.867. The van der Waals surface area contributed by atoms with E-state index >= 15 is 0 Å². The van der Waals surface area contributed by atoms with Crippen molar-refractivity contribution in [2.24, 2.45) is 0 Å². The van der Waals surface area contributed by atoms with Gasteiger partial charge in [-0.3, -0.25) is 0 Å². The number of nitrogens with one attached hydrogen (secondary N) is 1. The largest absolute Gasteiger partial charge is 0.398 e. The van der Waals surface area contributed by atoms with Crippen LogP contribution in [0.15, 0.2) is 42.5 Å². The zero-order valence-electron chi connectivity index (χ0n) is 11.9. The molecular weight excluding hydrogens is 246 g/mol. The predicted molar refractivity (Wildman–Crippen MR) is 84.0 cm³/mol. The number of nitriles is 1. The summed E-state index contributed by atoms with van der Waals surface area (Å²) in [5.41, 5.74) is 10.7. The summed E-state index contributed by atoms with van der Waals surface area (Å²) in [6.07, 6.45) is 0.327. The summed E-state index contributed by atoms with van der Waals surface area (Å²) in [5.74, 6) is 0.498. The molecule has 0 saturated heterocycles. The van der Waals surface area contributed by atoms with E-state index in [-0.39, 0.29) is 0 Å². The van der Waals surface area contributed by atoms with Gasteiger partial charge in [0.2, 0.25) is 0 Å². The van der Waals surface area contributed by atoms with Gasteiger partial charge in [0.1, 0.15) is 0 Å². The number of nitrogens with two attached hydrogens (primary N) is 1. The molecule has 0 amide bonds. The maximum atomic E-state index is 8.80. The Balaban J connectivity index is 2.24. The molecular formula is C17H19N3. The molecule has 0 radical (unpaired) electrons. The summed E-state index contributed by atoms with van der Waals surface area (Å²) in [7, 11) is 0. The van der Waals surface area contributed by atoms with Crippen LogP contribution in [-0.2, 0) is 6.42 Å². The van der Waals surface area contributed by atoms with Crippen molar-refractivity contribution in [2.75, 3.05) is 11.1 Å². The van der Waals surface area contributed by atoms with Crippen LogP contribution in [0.5, 0.6) is 0 Å². The van der Waals surface area contributed by atoms with Gasteiger partial charge in [0, 0.05) is 17.1 Å². The first-order valence-electron chi connectivity index (χ1n) is 6.72. The Bertz CT molecular complexity index is 639. The second kappa shape index (κ2) is 6.12. The molecule has 0 atom stereocenters. The minimum absolute atomic E-state index is 0.327. The molecule has 2 rings (SSSR count). The predicted octanol–water partition coefficient (Wildman–Crippen LogP) is 4.20. The number of hydrogen-bond donors (Lipinski definition) is 2. The van der Waals surface area contributed by atoms with Crippen LogP contribution in [-0.4, -0.2) is 0 Å². The van der Waals surface area contributed by atoms with Gasteiger partial charge in [0.05, 0.1) is 12.5 Å². The molecule has 102 valence electrons. The molecule has 2 aromatic rings. The summed E-state index contributed by atoms with van der Waals surface area (Å²) in [4.78, 5) is 0. The Kier molecular flexibility index (Phi) is 4.27. The molecule has 0 aliphatic rings. The van der Waals surface area contributed by atoms with Gasteiger partial charge < -0.3 is 11.1 Å². The van der Waals surface area contributed by atoms with Crippen molar-refractivity contribution in [2.45, 2.75) is 26.2 Å². The fraction of sp³-hybridized carbons (Fsp3) is 0.235. The van der Waals surface area contributed by atoms with Gasteiger partial charge in [-0.15, -0.1) is 0 Å². The average molecular weight is 265 g/mol. The van der Waals surface area contributed by atoms with E-state index < -0.39 is 0 Å². The Hall–Kier alpha value is -2.47. The minimum Gasteiger partial charge on any atom is -0.398 e. The molecule has 3 heteroatoms. The highest BCUT2D eigenvalue weighted by Gasteiger charge is 2.03. The summed E-state index contributed by atoms with van der Waals surface area (Å²) in [6.45, 7) is 4.35. The van der Waals surface area contributed by atoms with E-state index in [9.17, 15) is 0 Å². The SMILES string of the molecule is CC(C)c1cccc(Nc2ccc(N)c(CC#N)c2)c1. The molecule has 0 heterocycles. The molecule has 0 fully saturated rings. The van der Waals surface area contributed by atoms with Gasteiger partial charge in [-0.05, 0) is 47.4 Å². The quantitative estimate of drug-likeness (QED) is 0.814. The van der Waals surface area contributed by atoms with E-state index in [1.165, 1.54) is 5.56 Å². The minimum atomic E-state index is 0.327. The van der Waals surface area contributed by atoms with E-state index in [2.05, 4.69) is 37.4 Å². The molecule has 2 aromatic carbocycles. The summed E-state index contributed by atoms with van der Waals surface area (Å²) >= 11 is 0. The monoisotopic (exact) mass is 265 g/mol. The molecule has 20 heavy (non-hydrogen) atoms. The van der Waals surface area contributed by atoms with Crippen LogP contribution in [0, 0.1) is 11.3 Å². The van der Waals surface area contributed by atoms with E-state index in [1.807, 2.05) is 30.3 Å². The second-order valence-electron chi connectivity index (χ2n) is 5.15.